The van der Waals surface area contributed by atoms with Crippen molar-refractivity contribution in [2.75, 3.05) is 0 Å². The Morgan fingerprint density at radius 3 is 2.54 bits per heavy atom. The summed E-state index contributed by atoms with van der Waals surface area (Å²) in [6.45, 7) is 0. The zero-order chi connectivity index (χ0) is 9.59. The number of aromatic nitrogens is 2. The third kappa shape index (κ3) is 1.02. The summed E-state index contributed by atoms with van der Waals surface area (Å²) in [5, 5.41) is 19.1. The number of imidazole rings is 1. The molecule has 0 amide bonds. The number of phenols is 2. The molecule has 4 nitrogen and oxygen atoms in total. The molecule has 0 saturated carbocycles. The fourth-order valence-corrected chi connectivity index (χ4v) is 1.43. The first-order valence-electron chi connectivity index (χ1n) is 3.64. The molecule has 0 aliphatic heterocycles. The second kappa shape index (κ2) is 2.53. The summed E-state index contributed by atoms with van der Waals surface area (Å²) in [5.74, 6) is 0.0602. The Hall–Kier alpha value is -1.42. The molecule has 5 heteroatoms. The summed E-state index contributed by atoms with van der Waals surface area (Å²) in [7, 11) is 1.66. The highest BCUT2D eigenvalue weighted by atomic mass is 35.5. The van der Waals surface area contributed by atoms with Crippen LogP contribution < -0.4 is 0 Å². The quantitative estimate of drug-likeness (QED) is 0.633. The Morgan fingerprint density at radius 1 is 1.31 bits per heavy atom. The molecular weight excluding hydrogens is 192 g/mol. The van der Waals surface area contributed by atoms with E-state index < -0.39 is 0 Å². The highest BCUT2D eigenvalue weighted by Crippen LogP contribution is 2.32. The molecule has 0 spiro atoms. The van der Waals surface area contributed by atoms with Crippen molar-refractivity contribution < 1.29 is 10.2 Å². The monoisotopic (exact) mass is 198 g/mol. The van der Waals surface area contributed by atoms with Gasteiger partial charge in [0.2, 0.25) is 5.28 Å². The Morgan fingerprint density at radius 2 is 1.92 bits per heavy atom. The topological polar surface area (TPSA) is 58.3 Å². The summed E-state index contributed by atoms with van der Waals surface area (Å²) in [4.78, 5) is 3.89. The van der Waals surface area contributed by atoms with E-state index in [1.165, 1.54) is 16.7 Å². The maximum absolute atomic E-state index is 9.46. The minimum atomic E-state index is 0.00954. The van der Waals surface area contributed by atoms with Gasteiger partial charge in [0.05, 0.1) is 0 Å². The van der Waals surface area contributed by atoms with Gasteiger partial charge in [-0.1, -0.05) is 0 Å². The van der Waals surface area contributed by atoms with Crippen LogP contribution in [-0.4, -0.2) is 19.8 Å². The van der Waals surface area contributed by atoms with Crippen LogP contribution in [-0.2, 0) is 7.05 Å². The molecule has 0 radical (unpaired) electrons. The molecular formula is C8H7ClN2O2. The summed E-state index contributed by atoms with van der Waals surface area (Å²) >= 11 is 5.73. The highest BCUT2D eigenvalue weighted by molar-refractivity contribution is 6.29. The maximum atomic E-state index is 9.46. The summed E-state index contributed by atoms with van der Waals surface area (Å²) in [5.41, 5.74) is 0.748. The molecule has 1 aromatic heterocycles. The Balaban J connectivity index is 3.00. The fourth-order valence-electron chi connectivity index (χ4n) is 1.26. The first kappa shape index (κ1) is 8.19. The Labute approximate surface area is 79.0 Å². The van der Waals surface area contributed by atoms with Gasteiger partial charge in [-0.15, -0.1) is 0 Å². The number of nitrogens with zero attached hydrogens (tertiary/aromatic N) is 2. The average Bonchev–Trinajstić information content (AvgIpc) is 2.38. The molecule has 68 valence electrons. The van der Waals surface area contributed by atoms with Crippen LogP contribution in [0.3, 0.4) is 0 Å². The van der Waals surface area contributed by atoms with Gasteiger partial charge in [0, 0.05) is 7.05 Å². The number of aromatic hydroxyl groups is 2. The molecule has 0 unspecified atom stereocenters. The molecule has 0 bridgehead atoms. The molecule has 0 atom stereocenters. The van der Waals surface area contributed by atoms with Crippen LogP contribution in [0.5, 0.6) is 11.5 Å². The van der Waals surface area contributed by atoms with E-state index in [4.69, 9.17) is 11.6 Å². The number of hydrogen-bond acceptors (Lipinski definition) is 3. The van der Waals surface area contributed by atoms with Crippen LogP contribution >= 0.6 is 11.6 Å². The van der Waals surface area contributed by atoms with E-state index in [2.05, 4.69) is 4.98 Å². The molecule has 13 heavy (non-hydrogen) atoms. The zero-order valence-corrected chi connectivity index (χ0v) is 7.58. The van der Waals surface area contributed by atoms with Crippen molar-refractivity contribution in [3.05, 3.63) is 17.4 Å². The van der Waals surface area contributed by atoms with Gasteiger partial charge in [-0.05, 0) is 23.7 Å². The van der Waals surface area contributed by atoms with Crippen LogP contribution in [0.1, 0.15) is 0 Å². The predicted octanol–water partition coefficient (Wildman–Crippen LogP) is 1.64. The molecule has 0 fully saturated rings. The molecule has 1 aromatic carbocycles. The minimum Gasteiger partial charge on any atom is -0.506 e. The number of rotatable bonds is 0. The van der Waals surface area contributed by atoms with E-state index in [0.717, 1.165) is 0 Å². The number of phenolic OH excluding ortho intramolecular Hbond substituents is 2. The Bertz CT molecular complexity index is 478. The normalized spacial score (nSPS) is 10.9. The van der Waals surface area contributed by atoms with E-state index in [0.29, 0.717) is 11.0 Å². The summed E-state index contributed by atoms with van der Waals surface area (Å²) in [6.07, 6.45) is 0. The summed E-state index contributed by atoms with van der Waals surface area (Å²) < 4.78 is 1.51. The van der Waals surface area contributed by atoms with Gasteiger partial charge in [-0.2, -0.15) is 0 Å². The molecule has 2 aromatic rings. The van der Waals surface area contributed by atoms with Gasteiger partial charge in [-0.3, -0.25) is 0 Å². The maximum Gasteiger partial charge on any atom is 0.203 e. The minimum absolute atomic E-state index is 0.00954. The number of fused-ring (bicyclic) bond motifs is 1. The average molecular weight is 199 g/mol. The van der Waals surface area contributed by atoms with Crippen molar-refractivity contribution in [1.82, 2.24) is 9.55 Å². The van der Waals surface area contributed by atoms with Crippen LogP contribution in [0.4, 0.5) is 0 Å². The molecule has 0 aliphatic carbocycles. The molecule has 0 aliphatic rings. The number of aryl methyl sites for hydroxylation is 1. The van der Waals surface area contributed by atoms with Gasteiger partial charge in [0.25, 0.3) is 0 Å². The lowest BCUT2D eigenvalue weighted by molar-refractivity contribution is 0.467. The van der Waals surface area contributed by atoms with Crippen LogP contribution in [0.15, 0.2) is 12.1 Å². The lowest BCUT2D eigenvalue weighted by Crippen LogP contribution is -1.86. The van der Waals surface area contributed by atoms with E-state index in [-0.39, 0.29) is 16.8 Å². The second-order valence-electron chi connectivity index (χ2n) is 2.74. The first-order chi connectivity index (χ1) is 6.11. The van der Waals surface area contributed by atoms with E-state index in [1.54, 1.807) is 7.05 Å². The number of hydrogen-bond donors (Lipinski definition) is 2. The van der Waals surface area contributed by atoms with Gasteiger partial charge < -0.3 is 14.8 Å². The van der Waals surface area contributed by atoms with Crippen molar-refractivity contribution in [2.45, 2.75) is 0 Å². The molecule has 2 rings (SSSR count). The highest BCUT2D eigenvalue weighted by Gasteiger charge is 2.12. The lowest BCUT2D eigenvalue weighted by atomic mass is 10.2. The van der Waals surface area contributed by atoms with E-state index in [1.807, 2.05) is 0 Å². The van der Waals surface area contributed by atoms with E-state index >= 15 is 0 Å². The Kier molecular flexibility index (Phi) is 1.60. The van der Waals surface area contributed by atoms with Crippen LogP contribution in [0.25, 0.3) is 11.0 Å². The van der Waals surface area contributed by atoms with Crippen molar-refractivity contribution in [2.24, 2.45) is 7.05 Å². The van der Waals surface area contributed by atoms with Crippen LogP contribution in [0, 0.1) is 0 Å². The van der Waals surface area contributed by atoms with Crippen molar-refractivity contribution in [3.63, 3.8) is 0 Å². The largest absolute Gasteiger partial charge is 0.506 e. The van der Waals surface area contributed by atoms with Crippen LogP contribution in [0.2, 0.25) is 5.28 Å². The van der Waals surface area contributed by atoms with Crippen molar-refractivity contribution >= 4 is 22.6 Å². The van der Waals surface area contributed by atoms with Gasteiger partial charge in [0.15, 0.2) is 0 Å². The summed E-state index contributed by atoms with van der Waals surface area (Å²) in [6, 6.07) is 2.77. The SMILES string of the molecule is Cn1c(Cl)nc2c(O)ccc(O)c21. The third-order valence-electron chi connectivity index (χ3n) is 1.92. The first-order valence-corrected chi connectivity index (χ1v) is 4.02. The van der Waals surface area contributed by atoms with Crippen molar-refractivity contribution in [3.8, 4) is 11.5 Å². The number of halogens is 1. The van der Waals surface area contributed by atoms with Gasteiger partial charge in [0.1, 0.15) is 22.5 Å². The van der Waals surface area contributed by atoms with E-state index in [9.17, 15) is 10.2 Å². The molecule has 2 N–H and O–H groups in total. The standard InChI is InChI=1S/C8H7ClN2O2/c1-11-7-5(13)3-2-4(12)6(7)10-8(11)9/h2-3,12-13H,1H3. The number of benzene rings is 1. The van der Waals surface area contributed by atoms with Gasteiger partial charge in [-0.25, -0.2) is 4.98 Å². The molecule has 0 saturated heterocycles. The van der Waals surface area contributed by atoms with Gasteiger partial charge >= 0.3 is 0 Å². The fraction of sp³-hybridized carbons (Fsp3) is 0.125. The predicted molar refractivity (Wildman–Crippen MR) is 49.1 cm³/mol. The zero-order valence-electron chi connectivity index (χ0n) is 6.82. The third-order valence-corrected chi connectivity index (χ3v) is 2.26. The lowest BCUT2D eigenvalue weighted by Gasteiger charge is -1.99. The van der Waals surface area contributed by atoms with Crippen molar-refractivity contribution in [1.29, 1.82) is 0 Å². The second-order valence-corrected chi connectivity index (χ2v) is 3.08. The smallest absolute Gasteiger partial charge is 0.203 e. The molecule has 1 heterocycles.